The number of amides is 1. The summed E-state index contributed by atoms with van der Waals surface area (Å²) < 4.78 is 7.42. The highest BCUT2D eigenvalue weighted by molar-refractivity contribution is 7.71. The lowest BCUT2D eigenvalue weighted by molar-refractivity contribution is -0.121. The molecule has 0 saturated heterocycles. The molecular formula is C20H22N2O2S. The van der Waals surface area contributed by atoms with Gasteiger partial charge in [0.2, 0.25) is 5.91 Å². The molecule has 1 aromatic heterocycles. The van der Waals surface area contributed by atoms with E-state index in [9.17, 15) is 4.79 Å². The van der Waals surface area contributed by atoms with E-state index in [1.165, 1.54) is 5.56 Å². The minimum Gasteiger partial charge on any atom is -0.429 e. The first-order valence-electron chi connectivity index (χ1n) is 8.55. The average Bonchev–Trinajstić information content (AvgIpc) is 2.94. The largest absolute Gasteiger partial charge is 0.429 e. The molecule has 0 saturated carbocycles. The van der Waals surface area contributed by atoms with Gasteiger partial charge in [0.05, 0.1) is 5.52 Å². The highest BCUT2D eigenvalue weighted by atomic mass is 32.1. The molecule has 1 atom stereocenters. The first kappa shape index (κ1) is 17.4. The molecule has 3 aromatic rings. The fraction of sp³-hybridized carbons (Fsp3) is 0.300. The van der Waals surface area contributed by atoms with Crippen LogP contribution in [0.15, 0.2) is 59.0 Å². The van der Waals surface area contributed by atoms with E-state index in [4.69, 9.17) is 16.6 Å². The molecule has 1 N–H and O–H groups in total. The lowest BCUT2D eigenvalue weighted by Crippen LogP contribution is -2.33. The van der Waals surface area contributed by atoms with Crippen molar-refractivity contribution in [3.05, 3.63) is 65.0 Å². The SMILES string of the molecule is C[C@@H](CCc1ccccc1)NC(=O)CCn1c(=S)oc2ccccc21. The quantitative estimate of drug-likeness (QED) is 0.636. The minimum absolute atomic E-state index is 0.0349. The molecule has 0 bridgehead atoms. The predicted molar refractivity (Wildman–Crippen MR) is 102 cm³/mol. The van der Waals surface area contributed by atoms with Crippen LogP contribution in [-0.4, -0.2) is 16.5 Å². The topological polar surface area (TPSA) is 47.2 Å². The van der Waals surface area contributed by atoms with E-state index < -0.39 is 0 Å². The van der Waals surface area contributed by atoms with E-state index in [2.05, 4.69) is 17.4 Å². The monoisotopic (exact) mass is 354 g/mol. The Morgan fingerprint density at radius 1 is 1.16 bits per heavy atom. The van der Waals surface area contributed by atoms with Crippen LogP contribution in [0.25, 0.3) is 11.1 Å². The Kier molecular flexibility index (Phi) is 5.66. The molecule has 0 aliphatic carbocycles. The van der Waals surface area contributed by atoms with E-state index in [1.54, 1.807) is 0 Å². The number of rotatable bonds is 7. The first-order chi connectivity index (χ1) is 12.1. The number of oxazole rings is 1. The van der Waals surface area contributed by atoms with Crippen LogP contribution in [0.3, 0.4) is 0 Å². The molecule has 25 heavy (non-hydrogen) atoms. The summed E-state index contributed by atoms with van der Waals surface area (Å²) in [5.41, 5.74) is 2.97. The molecule has 130 valence electrons. The average molecular weight is 354 g/mol. The lowest BCUT2D eigenvalue weighted by atomic mass is 10.1. The van der Waals surface area contributed by atoms with Gasteiger partial charge in [-0.1, -0.05) is 42.5 Å². The molecule has 1 amide bonds. The second-order valence-electron chi connectivity index (χ2n) is 6.23. The Balaban J connectivity index is 1.50. The van der Waals surface area contributed by atoms with Crippen molar-refractivity contribution < 1.29 is 9.21 Å². The molecule has 0 radical (unpaired) electrons. The zero-order valence-corrected chi connectivity index (χ0v) is 15.1. The zero-order valence-electron chi connectivity index (χ0n) is 14.3. The van der Waals surface area contributed by atoms with E-state index in [1.807, 2.05) is 54.0 Å². The number of nitrogens with zero attached hydrogens (tertiary/aromatic N) is 1. The fourth-order valence-electron chi connectivity index (χ4n) is 2.89. The number of hydrogen-bond donors (Lipinski definition) is 1. The maximum atomic E-state index is 12.2. The molecule has 0 unspecified atom stereocenters. The van der Waals surface area contributed by atoms with Crippen LogP contribution in [0.4, 0.5) is 0 Å². The molecule has 5 heteroatoms. The van der Waals surface area contributed by atoms with Gasteiger partial charge in [-0.2, -0.15) is 0 Å². The number of benzene rings is 2. The highest BCUT2D eigenvalue weighted by Gasteiger charge is 2.10. The number of aryl methyl sites for hydroxylation is 2. The van der Waals surface area contributed by atoms with Gasteiger partial charge in [0.25, 0.3) is 4.84 Å². The van der Waals surface area contributed by atoms with Crippen molar-refractivity contribution in [3.8, 4) is 0 Å². The van der Waals surface area contributed by atoms with Crippen LogP contribution in [0.5, 0.6) is 0 Å². The Labute approximate surface area is 152 Å². The molecule has 1 heterocycles. The summed E-state index contributed by atoms with van der Waals surface area (Å²) in [4.78, 5) is 12.6. The van der Waals surface area contributed by atoms with Crippen LogP contribution in [0.2, 0.25) is 0 Å². The van der Waals surface area contributed by atoms with Crippen molar-refractivity contribution >= 4 is 29.2 Å². The number of para-hydroxylation sites is 2. The van der Waals surface area contributed by atoms with Gasteiger partial charge in [-0.15, -0.1) is 0 Å². The zero-order chi connectivity index (χ0) is 17.6. The van der Waals surface area contributed by atoms with Gasteiger partial charge in [-0.25, -0.2) is 0 Å². The van der Waals surface area contributed by atoms with Gasteiger partial charge in [0, 0.05) is 19.0 Å². The maximum absolute atomic E-state index is 12.2. The third-order valence-corrected chi connectivity index (χ3v) is 4.56. The van der Waals surface area contributed by atoms with Crippen LogP contribution in [0.1, 0.15) is 25.3 Å². The molecule has 0 aliphatic heterocycles. The van der Waals surface area contributed by atoms with Gasteiger partial charge < -0.3 is 9.73 Å². The van der Waals surface area contributed by atoms with Crippen molar-refractivity contribution in [1.82, 2.24) is 9.88 Å². The Morgan fingerprint density at radius 3 is 2.68 bits per heavy atom. The fourth-order valence-corrected chi connectivity index (χ4v) is 3.17. The summed E-state index contributed by atoms with van der Waals surface area (Å²) in [6.07, 6.45) is 2.26. The van der Waals surface area contributed by atoms with Gasteiger partial charge in [0.1, 0.15) is 0 Å². The predicted octanol–water partition coefficient (Wildman–Crippen LogP) is 4.49. The Hall–Kier alpha value is -2.40. The van der Waals surface area contributed by atoms with E-state index in [0.717, 1.165) is 23.9 Å². The van der Waals surface area contributed by atoms with Gasteiger partial charge in [-0.3, -0.25) is 9.36 Å². The lowest BCUT2D eigenvalue weighted by Gasteiger charge is -2.14. The summed E-state index contributed by atoms with van der Waals surface area (Å²) in [7, 11) is 0. The third kappa shape index (κ3) is 4.57. The van der Waals surface area contributed by atoms with E-state index in [-0.39, 0.29) is 11.9 Å². The van der Waals surface area contributed by atoms with Crippen LogP contribution < -0.4 is 5.32 Å². The number of carbonyl (C=O) groups excluding carboxylic acids is 1. The number of hydrogen-bond acceptors (Lipinski definition) is 3. The smallest absolute Gasteiger partial charge is 0.269 e. The van der Waals surface area contributed by atoms with Gasteiger partial charge in [0.15, 0.2) is 5.58 Å². The number of aromatic nitrogens is 1. The highest BCUT2D eigenvalue weighted by Crippen LogP contribution is 2.17. The molecule has 3 rings (SSSR count). The summed E-state index contributed by atoms with van der Waals surface area (Å²) in [6.45, 7) is 2.56. The number of carbonyl (C=O) groups is 1. The maximum Gasteiger partial charge on any atom is 0.269 e. The Morgan fingerprint density at radius 2 is 1.88 bits per heavy atom. The van der Waals surface area contributed by atoms with Gasteiger partial charge in [-0.05, 0) is 49.7 Å². The van der Waals surface area contributed by atoms with E-state index in [0.29, 0.717) is 17.8 Å². The summed E-state index contributed by atoms with van der Waals surface area (Å²) in [5, 5.41) is 3.06. The third-order valence-electron chi connectivity index (χ3n) is 4.25. The van der Waals surface area contributed by atoms with Crippen LogP contribution >= 0.6 is 12.2 Å². The van der Waals surface area contributed by atoms with Crippen molar-refractivity contribution in [3.63, 3.8) is 0 Å². The molecule has 2 aromatic carbocycles. The number of nitrogens with one attached hydrogen (secondary N) is 1. The van der Waals surface area contributed by atoms with E-state index >= 15 is 0 Å². The van der Waals surface area contributed by atoms with Crippen LogP contribution in [0, 0.1) is 4.84 Å². The summed E-state index contributed by atoms with van der Waals surface area (Å²) >= 11 is 5.25. The first-order valence-corrected chi connectivity index (χ1v) is 8.96. The minimum atomic E-state index is 0.0349. The molecule has 0 aliphatic rings. The standard InChI is InChI=1S/C20H22N2O2S/c1-15(11-12-16-7-3-2-4-8-16)21-19(23)13-14-22-17-9-5-6-10-18(17)24-20(22)25/h2-10,15H,11-14H2,1H3,(H,21,23)/t15-/m0/s1. The van der Waals surface area contributed by atoms with Gasteiger partial charge >= 0.3 is 0 Å². The Bertz CT molecular complexity index is 899. The van der Waals surface area contributed by atoms with Crippen LogP contribution in [-0.2, 0) is 17.8 Å². The van der Waals surface area contributed by atoms with Crippen molar-refractivity contribution in [2.24, 2.45) is 0 Å². The number of fused-ring (bicyclic) bond motifs is 1. The molecule has 4 nitrogen and oxygen atoms in total. The molecular weight excluding hydrogens is 332 g/mol. The summed E-state index contributed by atoms with van der Waals surface area (Å²) in [6, 6.07) is 18.1. The van der Waals surface area contributed by atoms with Crippen molar-refractivity contribution in [2.75, 3.05) is 0 Å². The molecule has 0 spiro atoms. The van der Waals surface area contributed by atoms with Crippen molar-refractivity contribution in [1.29, 1.82) is 0 Å². The normalized spacial score (nSPS) is 12.2. The summed E-state index contributed by atoms with van der Waals surface area (Å²) in [5.74, 6) is 0.0349. The second kappa shape index (κ2) is 8.12. The second-order valence-corrected chi connectivity index (χ2v) is 6.58. The molecule has 0 fully saturated rings. The van der Waals surface area contributed by atoms with Crippen molar-refractivity contribution in [2.45, 2.75) is 38.8 Å².